The molecule has 2 aromatic rings. The van der Waals surface area contributed by atoms with E-state index in [0.717, 1.165) is 11.5 Å². The van der Waals surface area contributed by atoms with Crippen LogP contribution in [0.2, 0.25) is 0 Å². The van der Waals surface area contributed by atoms with Crippen molar-refractivity contribution in [2.24, 2.45) is 4.99 Å². The Morgan fingerprint density at radius 3 is 2.56 bits per heavy atom. The number of nitrogens with one attached hydrogen (secondary N) is 3. The molecule has 2 rings (SSSR count). The number of carbonyl (C=O) groups excluding carboxylic acids is 1. The summed E-state index contributed by atoms with van der Waals surface area (Å²) in [7, 11) is 1.64. The fourth-order valence-electron chi connectivity index (χ4n) is 2.09. The number of carbonyl (C=O) groups is 1. The van der Waals surface area contributed by atoms with Crippen molar-refractivity contribution in [3.63, 3.8) is 0 Å². The lowest BCUT2D eigenvalue weighted by Gasteiger charge is -2.11. The second-order valence-corrected chi connectivity index (χ2v) is 5.34. The molecule has 0 saturated heterocycles. The number of guanidine groups is 1. The predicted octanol–water partition coefficient (Wildman–Crippen LogP) is 1.53. The molecule has 0 fully saturated rings. The smallest absolute Gasteiger partial charge is 0.254 e. The molecule has 0 unspecified atom stereocenters. The van der Waals surface area contributed by atoms with E-state index >= 15 is 0 Å². The maximum Gasteiger partial charge on any atom is 0.254 e. The summed E-state index contributed by atoms with van der Waals surface area (Å²) in [6, 6.07) is 5.86. The van der Waals surface area contributed by atoms with Crippen molar-refractivity contribution in [2.75, 3.05) is 20.1 Å². The first-order valence-electron chi connectivity index (χ1n) is 7.91. The van der Waals surface area contributed by atoms with E-state index in [2.05, 4.69) is 25.9 Å². The van der Waals surface area contributed by atoms with Crippen LogP contribution < -0.4 is 16.0 Å². The lowest BCUT2D eigenvalue weighted by molar-refractivity contribution is 0.0950. The Balaban J connectivity index is 1.72. The number of aromatic nitrogens is 1. The summed E-state index contributed by atoms with van der Waals surface area (Å²) in [5.41, 5.74) is 0.884. The molecule has 0 aliphatic carbocycles. The maximum absolute atomic E-state index is 13.5. The second-order valence-electron chi connectivity index (χ2n) is 5.34. The molecule has 0 aliphatic heterocycles. The van der Waals surface area contributed by atoms with Gasteiger partial charge < -0.3 is 20.4 Å². The summed E-state index contributed by atoms with van der Waals surface area (Å²) in [6.07, 6.45) is 0. The van der Waals surface area contributed by atoms with Gasteiger partial charge in [0.05, 0.1) is 17.8 Å². The number of hydrogen-bond donors (Lipinski definition) is 3. The normalized spacial score (nSPS) is 11.3. The van der Waals surface area contributed by atoms with E-state index in [4.69, 9.17) is 4.42 Å². The quantitative estimate of drug-likeness (QED) is 0.419. The number of rotatable bonds is 6. The highest BCUT2D eigenvalue weighted by Crippen LogP contribution is 2.07. The third-order valence-electron chi connectivity index (χ3n) is 3.52. The Hall–Kier alpha value is -2.90. The second kappa shape index (κ2) is 8.81. The largest absolute Gasteiger partial charge is 0.444 e. The van der Waals surface area contributed by atoms with Crippen LogP contribution in [0.25, 0.3) is 0 Å². The van der Waals surface area contributed by atoms with Crippen molar-refractivity contribution in [2.45, 2.75) is 20.4 Å². The maximum atomic E-state index is 13.5. The van der Waals surface area contributed by atoms with Gasteiger partial charge in [-0.25, -0.2) is 9.37 Å². The molecule has 134 valence electrons. The van der Waals surface area contributed by atoms with E-state index < -0.39 is 11.7 Å². The molecule has 3 N–H and O–H groups in total. The molecule has 1 amide bonds. The van der Waals surface area contributed by atoms with E-state index in [9.17, 15) is 9.18 Å². The minimum absolute atomic E-state index is 0.0274. The molecule has 8 heteroatoms. The molecule has 0 saturated carbocycles. The zero-order valence-electron chi connectivity index (χ0n) is 14.5. The minimum Gasteiger partial charge on any atom is -0.444 e. The number of halogens is 1. The van der Waals surface area contributed by atoms with Gasteiger partial charge >= 0.3 is 0 Å². The van der Waals surface area contributed by atoms with E-state index in [0.29, 0.717) is 31.5 Å². The summed E-state index contributed by atoms with van der Waals surface area (Å²) >= 11 is 0. The third kappa shape index (κ3) is 5.30. The van der Waals surface area contributed by atoms with Crippen molar-refractivity contribution in [3.8, 4) is 0 Å². The van der Waals surface area contributed by atoms with Gasteiger partial charge in [-0.15, -0.1) is 0 Å². The summed E-state index contributed by atoms with van der Waals surface area (Å²) < 4.78 is 19.0. The zero-order chi connectivity index (χ0) is 18.2. The van der Waals surface area contributed by atoms with Crippen LogP contribution in [0.5, 0.6) is 0 Å². The van der Waals surface area contributed by atoms with Gasteiger partial charge in [0.1, 0.15) is 11.6 Å². The average molecular weight is 347 g/mol. The van der Waals surface area contributed by atoms with Gasteiger partial charge in [0.15, 0.2) is 5.96 Å². The SMILES string of the molecule is CN=C(NCCNC(=O)c1ccccc1F)NCc1nc(C)c(C)o1. The molecule has 0 aliphatic rings. The van der Waals surface area contributed by atoms with Gasteiger partial charge in [-0.3, -0.25) is 9.79 Å². The summed E-state index contributed by atoms with van der Waals surface area (Å²) in [5, 5.41) is 8.76. The molecule has 25 heavy (non-hydrogen) atoms. The highest BCUT2D eigenvalue weighted by Gasteiger charge is 2.10. The Morgan fingerprint density at radius 2 is 1.92 bits per heavy atom. The van der Waals surface area contributed by atoms with Gasteiger partial charge in [0.2, 0.25) is 5.89 Å². The van der Waals surface area contributed by atoms with Gasteiger partial charge in [0.25, 0.3) is 5.91 Å². The van der Waals surface area contributed by atoms with Crippen LogP contribution in [0, 0.1) is 19.7 Å². The number of hydrogen-bond acceptors (Lipinski definition) is 4. The van der Waals surface area contributed by atoms with E-state index in [1.807, 2.05) is 13.8 Å². The van der Waals surface area contributed by atoms with Crippen LogP contribution in [0.3, 0.4) is 0 Å². The number of aryl methyl sites for hydroxylation is 2. The van der Waals surface area contributed by atoms with Crippen molar-refractivity contribution in [1.29, 1.82) is 0 Å². The van der Waals surface area contributed by atoms with E-state index in [-0.39, 0.29) is 5.56 Å². The lowest BCUT2D eigenvalue weighted by Crippen LogP contribution is -2.41. The summed E-state index contributed by atoms with van der Waals surface area (Å²) in [4.78, 5) is 20.2. The van der Waals surface area contributed by atoms with Gasteiger partial charge in [-0.05, 0) is 26.0 Å². The molecule has 1 aromatic carbocycles. The van der Waals surface area contributed by atoms with E-state index in [1.54, 1.807) is 19.2 Å². The average Bonchev–Trinajstić information content (AvgIpc) is 2.92. The molecule has 7 nitrogen and oxygen atoms in total. The number of aliphatic imine (C=N–C) groups is 1. The lowest BCUT2D eigenvalue weighted by atomic mass is 10.2. The topological polar surface area (TPSA) is 91.5 Å². The molecular formula is C17H22FN5O2. The van der Waals surface area contributed by atoms with Crippen LogP contribution in [0.15, 0.2) is 33.7 Å². The number of nitrogens with zero attached hydrogens (tertiary/aromatic N) is 2. The van der Waals surface area contributed by atoms with Crippen molar-refractivity contribution in [3.05, 3.63) is 53.0 Å². The number of amides is 1. The molecular weight excluding hydrogens is 325 g/mol. The fourth-order valence-corrected chi connectivity index (χ4v) is 2.09. The highest BCUT2D eigenvalue weighted by molar-refractivity contribution is 5.94. The molecule has 0 bridgehead atoms. The van der Waals surface area contributed by atoms with Gasteiger partial charge in [-0.1, -0.05) is 12.1 Å². The molecule has 1 heterocycles. The van der Waals surface area contributed by atoms with Crippen LogP contribution in [0.4, 0.5) is 4.39 Å². The molecule has 0 radical (unpaired) electrons. The van der Waals surface area contributed by atoms with Crippen LogP contribution >= 0.6 is 0 Å². The highest BCUT2D eigenvalue weighted by atomic mass is 19.1. The fraction of sp³-hybridized carbons (Fsp3) is 0.353. The number of benzene rings is 1. The Morgan fingerprint density at radius 1 is 1.20 bits per heavy atom. The zero-order valence-corrected chi connectivity index (χ0v) is 14.5. The predicted molar refractivity (Wildman–Crippen MR) is 92.9 cm³/mol. The van der Waals surface area contributed by atoms with Crippen molar-refractivity contribution < 1.29 is 13.6 Å². The van der Waals surface area contributed by atoms with Crippen LogP contribution in [-0.4, -0.2) is 37.0 Å². The first-order valence-corrected chi connectivity index (χ1v) is 7.91. The molecule has 0 spiro atoms. The molecule has 1 aromatic heterocycles. The van der Waals surface area contributed by atoms with E-state index in [1.165, 1.54) is 12.1 Å². The Kier molecular flexibility index (Phi) is 6.50. The monoisotopic (exact) mass is 347 g/mol. The van der Waals surface area contributed by atoms with Crippen molar-refractivity contribution in [1.82, 2.24) is 20.9 Å². The minimum atomic E-state index is -0.540. The Bertz CT molecular complexity index is 738. The van der Waals surface area contributed by atoms with Crippen LogP contribution in [0.1, 0.15) is 27.7 Å². The summed E-state index contributed by atoms with van der Waals surface area (Å²) in [5.74, 6) is 0.922. The first kappa shape index (κ1) is 18.4. The van der Waals surface area contributed by atoms with Gasteiger partial charge in [0, 0.05) is 20.1 Å². The Labute approximate surface area is 145 Å². The number of oxazole rings is 1. The summed E-state index contributed by atoms with van der Waals surface area (Å²) in [6.45, 7) is 4.90. The van der Waals surface area contributed by atoms with Crippen molar-refractivity contribution >= 4 is 11.9 Å². The van der Waals surface area contributed by atoms with Crippen LogP contribution in [-0.2, 0) is 6.54 Å². The third-order valence-corrected chi connectivity index (χ3v) is 3.52. The first-order chi connectivity index (χ1) is 12.0. The standard InChI is InChI=1S/C17H22FN5O2/c1-11-12(2)25-15(23-11)10-22-17(19-3)21-9-8-20-16(24)13-6-4-5-7-14(13)18/h4-7H,8-10H2,1-3H3,(H,20,24)(H2,19,21,22). The molecule has 0 atom stereocenters. The van der Waals surface area contributed by atoms with Gasteiger partial charge in [-0.2, -0.15) is 0 Å².